The van der Waals surface area contributed by atoms with Crippen LogP contribution in [0, 0.1) is 3.57 Å². The van der Waals surface area contributed by atoms with Crippen molar-refractivity contribution in [3.05, 3.63) is 60.4 Å². The SMILES string of the molecule is O=c1[nH]cc(S(=O)(=O)NCc2ccc(I)cc2)c(=O)[nH]1. The van der Waals surface area contributed by atoms with Crippen LogP contribution in [-0.2, 0) is 16.6 Å². The summed E-state index contributed by atoms with van der Waals surface area (Å²) in [6.45, 7) is 0.0534. The maximum absolute atomic E-state index is 11.9. The Labute approximate surface area is 127 Å². The minimum absolute atomic E-state index is 0.0534. The van der Waals surface area contributed by atoms with Crippen molar-refractivity contribution in [2.45, 2.75) is 11.4 Å². The Balaban J connectivity index is 2.21. The van der Waals surface area contributed by atoms with E-state index in [1.165, 1.54) is 0 Å². The summed E-state index contributed by atoms with van der Waals surface area (Å²) in [5.74, 6) is 0. The third-order valence-electron chi connectivity index (χ3n) is 2.45. The van der Waals surface area contributed by atoms with Crippen LogP contribution in [0.15, 0.2) is 44.9 Å². The fourth-order valence-electron chi connectivity index (χ4n) is 1.46. The van der Waals surface area contributed by atoms with Gasteiger partial charge in [-0.15, -0.1) is 0 Å². The Morgan fingerprint density at radius 1 is 1.15 bits per heavy atom. The molecule has 0 radical (unpaired) electrons. The van der Waals surface area contributed by atoms with Crippen molar-refractivity contribution in [1.82, 2.24) is 14.7 Å². The fraction of sp³-hybridized carbons (Fsp3) is 0.0909. The third kappa shape index (κ3) is 3.55. The Morgan fingerprint density at radius 2 is 1.80 bits per heavy atom. The molecular formula is C11H10IN3O4S. The maximum Gasteiger partial charge on any atom is 0.325 e. The van der Waals surface area contributed by atoms with Crippen LogP contribution in [0.2, 0.25) is 0 Å². The quantitative estimate of drug-likeness (QED) is 0.627. The molecule has 0 atom stereocenters. The zero-order valence-corrected chi connectivity index (χ0v) is 13.0. The van der Waals surface area contributed by atoms with Crippen molar-refractivity contribution in [3.63, 3.8) is 0 Å². The molecule has 1 aromatic heterocycles. The van der Waals surface area contributed by atoms with E-state index in [1.54, 1.807) is 12.1 Å². The maximum atomic E-state index is 11.9. The molecule has 106 valence electrons. The second-order valence-electron chi connectivity index (χ2n) is 3.89. The molecule has 0 saturated heterocycles. The minimum Gasteiger partial charge on any atom is -0.313 e. The molecular weight excluding hydrogens is 397 g/mol. The van der Waals surface area contributed by atoms with E-state index in [0.29, 0.717) is 0 Å². The Morgan fingerprint density at radius 3 is 2.40 bits per heavy atom. The standard InChI is InChI=1S/C11H10IN3O4S/c12-8-3-1-7(2-4-8)5-14-20(18,19)9-6-13-11(17)15-10(9)16/h1-4,6,14H,5H2,(H2,13,15,16,17). The number of H-pyrrole nitrogens is 2. The highest BCUT2D eigenvalue weighted by atomic mass is 127. The van der Waals surface area contributed by atoms with Gasteiger partial charge in [0.2, 0.25) is 10.0 Å². The van der Waals surface area contributed by atoms with Gasteiger partial charge in [-0.25, -0.2) is 17.9 Å². The number of rotatable bonds is 4. The van der Waals surface area contributed by atoms with Gasteiger partial charge in [0.15, 0.2) is 4.90 Å². The number of nitrogens with one attached hydrogen (secondary N) is 3. The average molecular weight is 407 g/mol. The number of aromatic amines is 2. The molecule has 0 saturated carbocycles. The van der Waals surface area contributed by atoms with Crippen molar-refractivity contribution in [3.8, 4) is 0 Å². The monoisotopic (exact) mass is 407 g/mol. The van der Waals surface area contributed by atoms with Crippen molar-refractivity contribution < 1.29 is 8.42 Å². The van der Waals surface area contributed by atoms with Crippen molar-refractivity contribution in [2.75, 3.05) is 0 Å². The summed E-state index contributed by atoms with van der Waals surface area (Å²) in [6, 6.07) is 7.25. The van der Waals surface area contributed by atoms with E-state index in [1.807, 2.05) is 17.1 Å². The summed E-state index contributed by atoms with van der Waals surface area (Å²) in [5, 5.41) is 0. The van der Waals surface area contributed by atoms with Gasteiger partial charge in [-0.2, -0.15) is 0 Å². The van der Waals surface area contributed by atoms with Gasteiger partial charge in [0.1, 0.15) is 0 Å². The predicted octanol–water partition coefficient (Wildman–Crippen LogP) is 0.146. The van der Waals surface area contributed by atoms with Gasteiger partial charge in [0.25, 0.3) is 5.56 Å². The van der Waals surface area contributed by atoms with Gasteiger partial charge in [-0.3, -0.25) is 9.78 Å². The molecule has 1 aromatic carbocycles. The van der Waals surface area contributed by atoms with E-state index >= 15 is 0 Å². The van der Waals surface area contributed by atoms with E-state index in [0.717, 1.165) is 15.3 Å². The number of benzene rings is 1. The molecule has 2 aromatic rings. The second-order valence-corrected chi connectivity index (χ2v) is 6.87. The highest BCUT2D eigenvalue weighted by molar-refractivity contribution is 14.1. The zero-order chi connectivity index (χ0) is 14.8. The molecule has 2 rings (SSSR count). The lowest BCUT2D eigenvalue weighted by Crippen LogP contribution is -2.32. The van der Waals surface area contributed by atoms with Crippen LogP contribution in [0.4, 0.5) is 0 Å². The summed E-state index contributed by atoms with van der Waals surface area (Å²) in [4.78, 5) is 25.8. The molecule has 20 heavy (non-hydrogen) atoms. The van der Waals surface area contributed by atoms with E-state index in [2.05, 4.69) is 32.3 Å². The zero-order valence-electron chi connectivity index (χ0n) is 10.0. The first kappa shape index (κ1) is 14.9. The van der Waals surface area contributed by atoms with Crippen molar-refractivity contribution >= 4 is 32.6 Å². The van der Waals surface area contributed by atoms with Gasteiger partial charge in [0.05, 0.1) is 0 Å². The molecule has 3 N–H and O–H groups in total. The minimum atomic E-state index is -3.98. The van der Waals surface area contributed by atoms with Gasteiger partial charge >= 0.3 is 5.69 Å². The largest absolute Gasteiger partial charge is 0.325 e. The normalized spacial score (nSPS) is 11.4. The van der Waals surface area contributed by atoms with E-state index < -0.39 is 26.2 Å². The van der Waals surface area contributed by atoms with Crippen LogP contribution in [-0.4, -0.2) is 18.4 Å². The lowest BCUT2D eigenvalue weighted by Gasteiger charge is -2.05. The van der Waals surface area contributed by atoms with E-state index in [-0.39, 0.29) is 6.54 Å². The molecule has 0 aliphatic carbocycles. The average Bonchev–Trinajstić information content (AvgIpc) is 2.37. The summed E-state index contributed by atoms with van der Waals surface area (Å²) in [5.41, 5.74) is -0.953. The van der Waals surface area contributed by atoms with Crippen molar-refractivity contribution in [1.29, 1.82) is 0 Å². The smallest absolute Gasteiger partial charge is 0.313 e. The van der Waals surface area contributed by atoms with Gasteiger partial charge in [0, 0.05) is 16.3 Å². The molecule has 0 aliphatic heterocycles. The second kappa shape index (κ2) is 5.89. The molecule has 0 unspecified atom stereocenters. The number of halogens is 1. The Bertz CT molecular complexity index is 824. The highest BCUT2D eigenvalue weighted by Crippen LogP contribution is 2.07. The molecule has 1 heterocycles. The van der Waals surface area contributed by atoms with Crippen LogP contribution >= 0.6 is 22.6 Å². The number of hydrogen-bond acceptors (Lipinski definition) is 4. The van der Waals surface area contributed by atoms with E-state index in [9.17, 15) is 18.0 Å². The van der Waals surface area contributed by atoms with Gasteiger partial charge in [-0.05, 0) is 40.3 Å². The third-order valence-corrected chi connectivity index (χ3v) is 4.58. The first-order valence-corrected chi connectivity index (χ1v) is 8.01. The lowest BCUT2D eigenvalue weighted by molar-refractivity contribution is 0.579. The molecule has 0 amide bonds. The summed E-state index contributed by atoms with van der Waals surface area (Å²) in [7, 11) is -3.98. The lowest BCUT2D eigenvalue weighted by atomic mass is 10.2. The molecule has 7 nitrogen and oxygen atoms in total. The Hall–Kier alpha value is -1.46. The Kier molecular flexibility index (Phi) is 4.40. The summed E-state index contributed by atoms with van der Waals surface area (Å²) in [6.07, 6.45) is 0.872. The number of hydrogen-bond donors (Lipinski definition) is 3. The number of aromatic nitrogens is 2. The van der Waals surface area contributed by atoms with E-state index in [4.69, 9.17) is 0 Å². The highest BCUT2D eigenvalue weighted by Gasteiger charge is 2.18. The molecule has 0 fully saturated rings. The van der Waals surface area contributed by atoms with Crippen LogP contribution in [0.25, 0.3) is 0 Å². The van der Waals surface area contributed by atoms with Gasteiger partial charge < -0.3 is 4.98 Å². The van der Waals surface area contributed by atoms with Crippen LogP contribution < -0.4 is 16.0 Å². The van der Waals surface area contributed by atoms with Crippen LogP contribution in [0.3, 0.4) is 0 Å². The van der Waals surface area contributed by atoms with Gasteiger partial charge in [-0.1, -0.05) is 12.1 Å². The van der Waals surface area contributed by atoms with Crippen LogP contribution in [0.1, 0.15) is 5.56 Å². The predicted molar refractivity (Wildman–Crippen MR) is 80.9 cm³/mol. The molecule has 0 aliphatic rings. The first-order chi connectivity index (χ1) is 9.38. The first-order valence-electron chi connectivity index (χ1n) is 5.44. The fourth-order valence-corrected chi connectivity index (χ4v) is 2.84. The number of sulfonamides is 1. The molecule has 9 heteroatoms. The molecule has 0 spiro atoms. The topological polar surface area (TPSA) is 112 Å². The summed E-state index contributed by atoms with van der Waals surface area (Å²) < 4.78 is 27.2. The molecule has 0 bridgehead atoms. The van der Waals surface area contributed by atoms with Crippen LogP contribution in [0.5, 0.6) is 0 Å². The van der Waals surface area contributed by atoms with Crippen molar-refractivity contribution in [2.24, 2.45) is 0 Å². The summed E-state index contributed by atoms with van der Waals surface area (Å²) >= 11 is 2.14.